The number of imidazole rings is 1. The summed E-state index contributed by atoms with van der Waals surface area (Å²) in [6, 6.07) is 8.93. The highest BCUT2D eigenvalue weighted by Gasteiger charge is 2.14. The van der Waals surface area contributed by atoms with Gasteiger partial charge in [-0.2, -0.15) is 0 Å². The minimum atomic E-state index is -3.72. The maximum atomic E-state index is 11.5. The standard InChI is InChI=1S/C14H14BrN3O2S3/c1-2-18-12-5-4-10(23(16,19)20)7-11(12)17-14(18)21-8-9-3-6-13(15)22-9/h3-7H,2,8H2,1H3,(H2,16,19,20). The van der Waals surface area contributed by atoms with Crippen molar-refractivity contribution in [3.63, 3.8) is 0 Å². The third kappa shape index (κ3) is 3.63. The summed E-state index contributed by atoms with van der Waals surface area (Å²) in [5, 5.41) is 6.07. The molecule has 3 aromatic rings. The van der Waals surface area contributed by atoms with Crippen molar-refractivity contribution in [1.82, 2.24) is 9.55 Å². The first-order valence-electron chi connectivity index (χ1n) is 6.78. The minimum Gasteiger partial charge on any atom is -0.319 e. The number of hydrogen-bond donors (Lipinski definition) is 1. The number of rotatable bonds is 5. The molecule has 0 atom stereocenters. The van der Waals surface area contributed by atoms with Crippen molar-refractivity contribution in [2.45, 2.75) is 29.3 Å². The Balaban J connectivity index is 1.96. The van der Waals surface area contributed by atoms with Gasteiger partial charge in [-0.15, -0.1) is 11.3 Å². The summed E-state index contributed by atoms with van der Waals surface area (Å²) in [5.41, 5.74) is 1.56. The quantitative estimate of drug-likeness (QED) is 0.622. The Morgan fingerprint density at radius 2 is 2.13 bits per heavy atom. The number of aromatic nitrogens is 2. The van der Waals surface area contributed by atoms with Gasteiger partial charge in [-0.25, -0.2) is 18.5 Å². The van der Waals surface area contributed by atoms with Gasteiger partial charge in [0.25, 0.3) is 0 Å². The molecule has 23 heavy (non-hydrogen) atoms. The Labute approximate surface area is 151 Å². The first-order chi connectivity index (χ1) is 10.9. The van der Waals surface area contributed by atoms with Gasteiger partial charge in [0.1, 0.15) is 0 Å². The van der Waals surface area contributed by atoms with Crippen LogP contribution in [0.15, 0.2) is 44.2 Å². The van der Waals surface area contributed by atoms with Crippen LogP contribution in [0.4, 0.5) is 0 Å². The lowest BCUT2D eigenvalue weighted by atomic mass is 10.3. The van der Waals surface area contributed by atoms with Gasteiger partial charge in [-0.1, -0.05) is 11.8 Å². The van der Waals surface area contributed by atoms with Crippen molar-refractivity contribution in [2.24, 2.45) is 5.14 Å². The van der Waals surface area contributed by atoms with Gasteiger partial charge in [0.2, 0.25) is 10.0 Å². The van der Waals surface area contributed by atoms with Crippen LogP contribution < -0.4 is 5.14 Å². The SMILES string of the molecule is CCn1c(SCc2ccc(Br)s2)nc2cc(S(N)(=O)=O)ccc21. The average Bonchev–Trinajstić information content (AvgIpc) is 3.06. The van der Waals surface area contributed by atoms with E-state index in [1.807, 2.05) is 13.0 Å². The number of thioether (sulfide) groups is 1. The second-order valence-electron chi connectivity index (χ2n) is 4.83. The lowest BCUT2D eigenvalue weighted by molar-refractivity contribution is 0.598. The molecule has 0 saturated carbocycles. The van der Waals surface area contributed by atoms with Gasteiger partial charge < -0.3 is 4.57 Å². The topological polar surface area (TPSA) is 78.0 Å². The predicted molar refractivity (Wildman–Crippen MR) is 98.4 cm³/mol. The molecule has 0 unspecified atom stereocenters. The highest BCUT2D eigenvalue weighted by Crippen LogP contribution is 2.31. The molecule has 3 rings (SSSR count). The third-order valence-electron chi connectivity index (χ3n) is 3.30. The summed E-state index contributed by atoms with van der Waals surface area (Å²) >= 11 is 6.79. The van der Waals surface area contributed by atoms with Crippen molar-refractivity contribution in [3.05, 3.63) is 39.0 Å². The van der Waals surface area contributed by atoms with Gasteiger partial charge >= 0.3 is 0 Å². The molecule has 0 saturated heterocycles. The van der Waals surface area contributed by atoms with E-state index >= 15 is 0 Å². The number of aryl methyl sites for hydroxylation is 1. The lowest BCUT2D eigenvalue weighted by Crippen LogP contribution is -2.11. The number of thiophene rings is 1. The van der Waals surface area contributed by atoms with Crippen LogP contribution in [0, 0.1) is 0 Å². The maximum absolute atomic E-state index is 11.5. The fourth-order valence-electron chi connectivity index (χ4n) is 2.25. The Morgan fingerprint density at radius 3 is 2.74 bits per heavy atom. The molecule has 2 N–H and O–H groups in total. The number of benzene rings is 1. The van der Waals surface area contributed by atoms with E-state index in [9.17, 15) is 8.42 Å². The first-order valence-corrected chi connectivity index (χ1v) is 10.9. The second kappa shape index (κ2) is 6.56. The Bertz CT molecular complexity index is 963. The van der Waals surface area contributed by atoms with Gasteiger partial charge in [-0.3, -0.25) is 0 Å². The molecule has 9 heteroatoms. The molecule has 122 valence electrons. The van der Waals surface area contributed by atoms with Gasteiger partial charge in [-0.05, 0) is 53.2 Å². The third-order valence-corrected chi connectivity index (χ3v) is 7.04. The van der Waals surface area contributed by atoms with Crippen molar-refractivity contribution < 1.29 is 8.42 Å². The molecule has 5 nitrogen and oxygen atoms in total. The first kappa shape index (κ1) is 17.0. The summed E-state index contributed by atoms with van der Waals surface area (Å²) in [4.78, 5) is 5.92. The zero-order chi connectivity index (χ0) is 16.6. The van der Waals surface area contributed by atoms with E-state index in [0.29, 0.717) is 5.52 Å². The smallest absolute Gasteiger partial charge is 0.238 e. The fraction of sp³-hybridized carbons (Fsp3) is 0.214. The van der Waals surface area contributed by atoms with Crippen LogP contribution in [0.2, 0.25) is 0 Å². The van der Waals surface area contributed by atoms with E-state index < -0.39 is 10.0 Å². The molecule has 0 radical (unpaired) electrons. The molecular formula is C14H14BrN3O2S3. The van der Waals surface area contributed by atoms with Crippen LogP contribution in [0.1, 0.15) is 11.8 Å². The molecule has 2 heterocycles. The molecular weight excluding hydrogens is 418 g/mol. The molecule has 0 fully saturated rings. The lowest BCUT2D eigenvalue weighted by Gasteiger charge is -2.05. The number of sulfonamides is 1. The highest BCUT2D eigenvalue weighted by molar-refractivity contribution is 9.11. The summed E-state index contributed by atoms with van der Waals surface area (Å²) in [7, 11) is -3.72. The van der Waals surface area contributed by atoms with E-state index in [2.05, 4.69) is 31.5 Å². The Hall–Kier alpha value is -0.870. The van der Waals surface area contributed by atoms with Crippen molar-refractivity contribution in [1.29, 1.82) is 0 Å². The van der Waals surface area contributed by atoms with Gasteiger partial charge in [0.05, 0.1) is 19.7 Å². The highest BCUT2D eigenvalue weighted by atomic mass is 79.9. The fourth-order valence-corrected chi connectivity index (χ4v) is 5.38. The number of halogens is 1. The number of fused-ring (bicyclic) bond motifs is 1. The molecule has 0 aliphatic rings. The molecule has 0 aliphatic heterocycles. The van der Waals surface area contributed by atoms with Crippen molar-refractivity contribution in [2.75, 3.05) is 0 Å². The molecule has 1 aromatic carbocycles. The number of primary sulfonamides is 1. The van der Waals surface area contributed by atoms with Gasteiger partial charge in [0, 0.05) is 17.2 Å². The summed E-state index contributed by atoms with van der Waals surface area (Å²) < 4.78 is 26.2. The zero-order valence-electron chi connectivity index (χ0n) is 12.2. The van der Waals surface area contributed by atoms with E-state index in [1.165, 1.54) is 17.0 Å². The summed E-state index contributed by atoms with van der Waals surface area (Å²) in [6.45, 7) is 2.81. The van der Waals surface area contributed by atoms with Crippen LogP contribution in [-0.2, 0) is 22.3 Å². The van der Waals surface area contributed by atoms with E-state index in [1.54, 1.807) is 29.2 Å². The van der Waals surface area contributed by atoms with Crippen LogP contribution in [0.5, 0.6) is 0 Å². The van der Waals surface area contributed by atoms with Crippen LogP contribution in [-0.4, -0.2) is 18.0 Å². The number of nitrogens with zero attached hydrogens (tertiary/aromatic N) is 2. The predicted octanol–water partition coefficient (Wildman–Crippen LogP) is 3.82. The normalized spacial score (nSPS) is 12.1. The molecule has 0 aliphatic carbocycles. The average molecular weight is 432 g/mol. The molecule has 2 aromatic heterocycles. The molecule has 0 bridgehead atoms. The molecule has 0 spiro atoms. The number of nitrogens with two attached hydrogens (primary N) is 1. The Morgan fingerprint density at radius 1 is 1.35 bits per heavy atom. The van der Waals surface area contributed by atoms with Crippen LogP contribution >= 0.6 is 39.0 Å². The monoisotopic (exact) mass is 431 g/mol. The second-order valence-corrected chi connectivity index (χ2v) is 9.88. The van der Waals surface area contributed by atoms with E-state index in [-0.39, 0.29) is 4.90 Å². The van der Waals surface area contributed by atoms with Gasteiger partial charge in [0.15, 0.2) is 5.16 Å². The largest absolute Gasteiger partial charge is 0.319 e. The van der Waals surface area contributed by atoms with Crippen LogP contribution in [0.25, 0.3) is 11.0 Å². The van der Waals surface area contributed by atoms with E-state index in [4.69, 9.17) is 5.14 Å². The van der Waals surface area contributed by atoms with Crippen LogP contribution in [0.3, 0.4) is 0 Å². The minimum absolute atomic E-state index is 0.0875. The maximum Gasteiger partial charge on any atom is 0.238 e. The summed E-state index contributed by atoms with van der Waals surface area (Å²) in [6.07, 6.45) is 0. The van der Waals surface area contributed by atoms with E-state index in [0.717, 1.165) is 26.8 Å². The zero-order valence-corrected chi connectivity index (χ0v) is 16.2. The summed E-state index contributed by atoms with van der Waals surface area (Å²) in [5.74, 6) is 0.821. The molecule has 0 amide bonds. The van der Waals surface area contributed by atoms with Crippen molar-refractivity contribution >= 4 is 60.1 Å². The van der Waals surface area contributed by atoms with Crippen molar-refractivity contribution in [3.8, 4) is 0 Å². The Kier molecular flexibility index (Phi) is 4.84. The number of hydrogen-bond acceptors (Lipinski definition) is 5.